The van der Waals surface area contributed by atoms with E-state index in [4.69, 9.17) is 5.26 Å². The summed E-state index contributed by atoms with van der Waals surface area (Å²) in [4.78, 5) is 0. The van der Waals surface area contributed by atoms with Crippen LogP contribution in [-0.2, 0) is 6.42 Å². The molecule has 2 aromatic rings. The van der Waals surface area contributed by atoms with E-state index in [1.165, 1.54) is 30.5 Å². The van der Waals surface area contributed by atoms with Crippen LogP contribution in [0.2, 0.25) is 0 Å². The van der Waals surface area contributed by atoms with Crippen LogP contribution < -0.4 is 5.32 Å². The van der Waals surface area contributed by atoms with Gasteiger partial charge in [0, 0.05) is 5.69 Å². The van der Waals surface area contributed by atoms with Gasteiger partial charge in [0.1, 0.15) is 11.9 Å². The van der Waals surface area contributed by atoms with Gasteiger partial charge in [-0.1, -0.05) is 25.5 Å². The molecule has 0 unspecified atom stereocenters. The quantitative estimate of drug-likeness (QED) is 0.846. The van der Waals surface area contributed by atoms with Gasteiger partial charge in [-0.3, -0.25) is 0 Å². The van der Waals surface area contributed by atoms with Crippen LogP contribution in [0.5, 0.6) is 0 Å². The molecule has 2 rings (SSSR count). The van der Waals surface area contributed by atoms with E-state index in [0.29, 0.717) is 11.3 Å². The summed E-state index contributed by atoms with van der Waals surface area (Å²) in [5.74, 6) is -0.401. The van der Waals surface area contributed by atoms with Crippen LogP contribution in [0.4, 0.5) is 15.8 Å². The molecule has 1 N–H and O–H groups in total. The largest absolute Gasteiger partial charge is 0.354 e. The average Bonchev–Trinajstić information content (AvgIpc) is 2.48. The second-order valence-electron chi connectivity index (χ2n) is 4.73. The van der Waals surface area contributed by atoms with Crippen LogP contribution in [0.25, 0.3) is 0 Å². The minimum absolute atomic E-state index is 0.306. The van der Waals surface area contributed by atoms with E-state index in [0.717, 1.165) is 12.1 Å². The number of anilines is 2. The number of rotatable bonds is 5. The van der Waals surface area contributed by atoms with Crippen LogP contribution in [0.3, 0.4) is 0 Å². The maximum Gasteiger partial charge on any atom is 0.124 e. The van der Waals surface area contributed by atoms with Crippen molar-refractivity contribution in [2.24, 2.45) is 0 Å². The Hall–Kier alpha value is -2.34. The van der Waals surface area contributed by atoms with Gasteiger partial charge in [0.25, 0.3) is 0 Å². The van der Waals surface area contributed by atoms with Gasteiger partial charge in [-0.2, -0.15) is 5.26 Å². The Labute approximate surface area is 118 Å². The van der Waals surface area contributed by atoms with Gasteiger partial charge >= 0.3 is 0 Å². The smallest absolute Gasteiger partial charge is 0.124 e. The third-order valence-corrected chi connectivity index (χ3v) is 3.15. The molecule has 0 aliphatic rings. The normalized spacial score (nSPS) is 10.1. The number of nitriles is 1. The highest BCUT2D eigenvalue weighted by molar-refractivity contribution is 5.66. The zero-order valence-corrected chi connectivity index (χ0v) is 11.5. The van der Waals surface area contributed by atoms with Crippen molar-refractivity contribution in [3.05, 3.63) is 59.4 Å². The standard InChI is InChI=1S/C17H17FN2/c1-2-3-4-13-5-8-16(9-6-13)20-17-10-7-15(18)11-14(17)12-19/h5-11,20H,2-4H2,1H3. The number of hydrogen-bond donors (Lipinski definition) is 1. The topological polar surface area (TPSA) is 35.8 Å². The molecule has 0 bridgehead atoms. The van der Waals surface area contributed by atoms with E-state index in [9.17, 15) is 4.39 Å². The first kappa shape index (κ1) is 14.1. The molecule has 102 valence electrons. The summed E-state index contributed by atoms with van der Waals surface area (Å²) in [5, 5.41) is 12.2. The zero-order valence-electron chi connectivity index (χ0n) is 11.5. The van der Waals surface area contributed by atoms with Gasteiger partial charge in [0.2, 0.25) is 0 Å². The molecule has 0 atom stereocenters. The van der Waals surface area contributed by atoms with Crippen molar-refractivity contribution in [3.8, 4) is 6.07 Å². The Bertz CT molecular complexity index is 612. The van der Waals surface area contributed by atoms with E-state index < -0.39 is 5.82 Å². The Morgan fingerprint density at radius 3 is 2.55 bits per heavy atom. The lowest BCUT2D eigenvalue weighted by Gasteiger charge is -2.09. The molecule has 0 aliphatic heterocycles. The molecule has 0 saturated heterocycles. The maximum atomic E-state index is 13.1. The second-order valence-corrected chi connectivity index (χ2v) is 4.73. The van der Waals surface area contributed by atoms with E-state index in [1.54, 1.807) is 6.07 Å². The predicted molar refractivity (Wildman–Crippen MR) is 79.5 cm³/mol. The predicted octanol–water partition coefficient (Wildman–Crippen LogP) is 4.78. The van der Waals surface area contributed by atoms with Crippen LogP contribution in [0.1, 0.15) is 30.9 Å². The summed E-state index contributed by atoms with van der Waals surface area (Å²) >= 11 is 0. The SMILES string of the molecule is CCCCc1ccc(Nc2ccc(F)cc2C#N)cc1. The van der Waals surface area contributed by atoms with Crippen LogP contribution >= 0.6 is 0 Å². The molecule has 3 heteroatoms. The van der Waals surface area contributed by atoms with Gasteiger partial charge < -0.3 is 5.32 Å². The highest BCUT2D eigenvalue weighted by Gasteiger charge is 2.04. The number of aryl methyl sites for hydroxylation is 1. The van der Waals surface area contributed by atoms with Crippen molar-refractivity contribution in [2.45, 2.75) is 26.2 Å². The molecule has 20 heavy (non-hydrogen) atoms. The molecule has 0 radical (unpaired) electrons. The minimum atomic E-state index is -0.401. The summed E-state index contributed by atoms with van der Waals surface area (Å²) in [6.07, 6.45) is 3.45. The third kappa shape index (κ3) is 3.58. The molecule has 0 aliphatic carbocycles. The molecule has 0 spiro atoms. The molecule has 0 amide bonds. The molecule has 2 aromatic carbocycles. The Balaban J connectivity index is 2.12. The molecule has 0 saturated carbocycles. The molecular weight excluding hydrogens is 251 g/mol. The summed E-state index contributed by atoms with van der Waals surface area (Å²) in [6, 6.07) is 14.3. The monoisotopic (exact) mass is 268 g/mol. The van der Waals surface area contributed by atoms with E-state index in [1.807, 2.05) is 18.2 Å². The van der Waals surface area contributed by atoms with Gasteiger partial charge in [0.05, 0.1) is 11.3 Å². The molecule has 0 heterocycles. The first-order valence-corrected chi connectivity index (χ1v) is 6.78. The fourth-order valence-electron chi connectivity index (χ4n) is 2.01. The lowest BCUT2D eigenvalue weighted by Crippen LogP contribution is -1.95. The number of halogens is 1. The number of unbranched alkanes of at least 4 members (excludes halogenated alkanes) is 1. The third-order valence-electron chi connectivity index (χ3n) is 3.15. The fourth-order valence-corrected chi connectivity index (χ4v) is 2.01. The van der Waals surface area contributed by atoms with E-state index >= 15 is 0 Å². The van der Waals surface area contributed by atoms with Gasteiger partial charge in [-0.15, -0.1) is 0 Å². The van der Waals surface area contributed by atoms with E-state index in [2.05, 4.69) is 24.4 Å². The first-order valence-electron chi connectivity index (χ1n) is 6.78. The number of nitrogens with zero attached hydrogens (tertiary/aromatic N) is 1. The Kier molecular flexibility index (Phi) is 4.73. The van der Waals surface area contributed by atoms with Crippen molar-refractivity contribution in [1.29, 1.82) is 5.26 Å². The summed E-state index contributed by atoms with van der Waals surface area (Å²) in [5.41, 5.74) is 3.13. The van der Waals surface area contributed by atoms with Crippen molar-refractivity contribution < 1.29 is 4.39 Å². The van der Waals surface area contributed by atoms with Crippen molar-refractivity contribution in [2.75, 3.05) is 5.32 Å². The fraction of sp³-hybridized carbons (Fsp3) is 0.235. The lowest BCUT2D eigenvalue weighted by molar-refractivity contribution is 0.627. The van der Waals surface area contributed by atoms with E-state index in [-0.39, 0.29) is 0 Å². The highest BCUT2D eigenvalue weighted by atomic mass is 19.1. The van der Waals surface area contributed by atoms with Crippen molar-refractivity contribution in [3.63, 3.8) is 0 Å². The number of nitrogens with one attached hydrogen (secondary N) is 1. The van der Waals surface area contributed by atoms with Gasteiger partial charge in [-0.05, 0) is 48.7 Å². The minimum Gasteiger partial charge on any atom is -0.354 e. The highest BCUT2D eigenvalue weighted by Crippen LogP contribution is 2.22. The second kappa shape index (κ2) is 6.72. The van der Waals surface area contributed by atoms with Gasteiger partial charge in [0.15, 0.2) is 0 Å². The molecule has 0 aromatic heterocycles. The molecule has 2 nitrogen and oxygen atoms in total. The van der Waals surface area contributed by atoms with Crippen molar-refractivity contribution >= 4 is 11.4 Å². The molecule has 0 fully saturated rings. The molecular formula is C17H17FN2. The maximum absolute atomic E-state index is 13.1. The van der Waals surface area contributed by atoms with Crippen LogP contribution in [-0.4, -0.2) is 0 Å². The van der Waals surface area contributed by atoms with Crippen LogP contribution in [0, 0.1) is 17.1 Å². The summed E-state index contributed by atoms with van der Waals surface area (Å²) in [6.45, 7) is 2.17. The Morgan fingerprint density at radius 2 is 1.90 bits per heavy atom. The average molecular weight is 268 g/mol. The summed E-state index contributed by atoms with van der Waals surface area (Å²) < 4.78 is 13.1. The number of hydrogen-bond acceptors (Lipinski definition) is 2. The first-order chi connectivity index (χ1) is 9.72. The van der Waals surface area contributed by atoms with Crippen LogP contribution in [0.15, 0.2) is 42.5 Å². The Morgan fingerprint density at radius 1 is 1.15 bits per heavy atom. The van der Waals surface area contributed by atoms with Gasteiger partial charge in [-0.25, -0.2) is 4.39 Å². The summed E-state index contributed by atoms with van der Waals surface area (Å²) in [7, 11) is 0. The number of benzene rings is 2. The van der Waals surface area contributed by atoms with Crippen molar-refractivity contribution in [1.82, 2.24) is 0 Å². The lowest BCUT2D eigenvalue weighted by atomic mass is 10.1. The zero-order chi connectivity index (χ0) is 14.4.